The Morgan fingerprint density at radius 3 is 1.44 bits per heavy atom. The summed E-state index contributed by atoms with van der Waals surface area (Å²) in [5, 5.41) is 0. The standard InChI is InChI=1S/C5H7.3CH3.Zr/c1-3-5-4-2;;;;/h1,3-5H,2H3;3*1H3;/q4*-1;+4. The Bertz CT molecular complexity index is 46.5. The summed E-state index contributed by atoms with van der Waals surface area (Å²) in [5.41, 5.74) is 0. The van der Waals surface area contributed by atoms with Crippen molar-refractivity contribution in [3.8, 4) is 0 Å². The summed E-state index contributed by atoms with van der Waals surface area (Å²) in [7, 11) is 0. The van der Waals surface area contributed by atoms with Crippen molar-refractivity contribution in [1.82, 2.24) is 0 Å². The Morgan fingerprint density at radius 1 is 1.11 bits per heavy atom. The average molecular weight is 203 g/mol. The van der Waals surface area contributed by atoms with Gasteiger partial charge in [-0.15, -0.1) is 0 Å². The van der Waals surface area contributed by atoms with Crippen LogP contribution in [0.25, 0.3) is 0 Å². The summed E-state index contributed by atoms with van der Waals surface area (Å²) in [6, 6.07) is 0. The first-order chi connectivity index (χ1) is 2.41. The van der Waals surface area contributed by atoms with E-state index in [1.807, 2.05) is 13.0 Å². The Kier molecular flexibility index (Phi) is 153. The molecule has 0 nitrogen and oxygen atoms in total. The van der Waals surface area contributed by atoms with Gasteiger partial charge in [-0.25, -0.2) is 12.2 Å². The van der Waals surface area contributed by atoms with Gasteiger partial charge in [-0.1, -0.05) is 6.92 Å². The van der Waals surface area contributed by atoms with Crippen LogP contribution < -0.4 is 0 Å². The zero-order chi connectivity index (χ0) is 4.12. The van der Waals surface area contributed by atoms with Crippen LogP contribution in [-0.2, 0) is 26.2 Å². The second-order valence-corrected chi connectivity index (χ2v) is 0.718. The van der Waals surface area contributed by atoms with Crippen molar-refractivity contribution in [3.05, 3.63) is 47.1 Å². The molecule has 0 aliphatic carbocycles. The quantitative estimate of drug-likeness (QED) is 0.454. The second kappa shape index (κ2) is 40.1. The molecule has 0 amide bonds. The van der Waals surface area contributed by atoms with Gasteiger partial charge in [0.05, 0.1) is 0 Å². The molecule has 0 radical (unpaired) electrons. The number of hydrogen-bond donors (Lipinski definition) is 0. The third-order valence-electron chi connectivity index (χ3n) is 0.304. The summed E-state index contributed by atoms with van der Waals surface area (Å²) in [6.07, 6.45) is 5.15. The van der Waals surface area contributed by atoms with E-state index in [1.165, 1.54) is 6.08 Å². The fraction of sp³-hybridized carbons (Fsp3) is 0.125. The fourth-order valence-electron chi connectivity index (χ4n) is 0.111. The normalized spacial score (nSPS) is 5.00. The molecule has 0 heterocycles. The maximum atomic E-state index is 4.93. The van der Waals surface area contributed by atoms with E-state index in [9.17, 15) is 0 Å². The minimum absolute atomic E-state index is 0. The predicted octanol–water partition coefficient (Wildman–Crippen LogP) is 2.90. The van der Waals surface area contributed by atoms with E-state index in [0.29, 0.717) is 0 Å². The topological polar surface area (TPSA) is 0 Å². The van der Waals surface area contributed by atoms with E-state index in [0.717, 1.165) is 0 Å². The summed E-state index contributed by atoms with van der Waals surface area (Å²) >= 11 is 0. The Labute approximate surface area is 80.2 Å². The van der Waals surface area contributed by atoms with Gasteiger partial charge >= 0.3 is 26.2 Å². The molecule has 0 fully saturated rings. The Hall–Kier alpha value is 0.363. The summed E-state index contributed by atoms with van der Waals surface area (Å²) in [6.45, 7) is 6.85. The van der Waals surface area contributed by atoms with Crippen LogP contribution in [0, 0.1) is 28.9 Å². The van der Waals surface area contributed by atoms with E-state index in [1.54, 1.807) is 6.08 Å². The molecule has 1 heteroatoms. The molecule has 0 aliphatic heterocycles. The number of allylic oxidation sites excluding steroid dienone is 3. The van der Waals surface area contributed by atoms with Crippen molar-refractivity contribution in [2.45, 2.75) is 6.92 Å². The van der Waals surface area contributed by atoms with Crippen LogP contribution in [0.15, 0.2) is 18.2 Å². The molecule has 0 unspecified atom stereocenters. The van der Waals surface area contributed by atoms with Gasteiger partial charge in [-0.2, -0.15) is 6.08 Å². The summed E-state index contributed by atoms with van der Waals surface area (Å²) in [5.74, 6) is 0. The minimum Gasteiger partial charge on any atom is -0.358 e. The van der Waals surface area contributed by atoms with Crippen LogP contribution in [-0.4, -0.2) is 0 Å². The molecule has 0 aromatic heterocycles. The van der Waals surface area contributed by atoms with Crippen molar-refractivity contribution >= 4 is 0 Å². The van der Waals surface area contributed by atoms with Crippen LogP contribution in [0.4, 0.5) is 0 Å². The molecule has 0 atom stereocenters. The molecule has 52 valence electrons. The van der Waals surface area contributed by atoms with Gasteiger partial charge in [0.25, 0.3) is 0 Å². The van der Waals surface area contributed by atoms with Crippen molar-refractivity contribution < 1.29 is 26.2 Å². The van der Waals surface area contributed by atoms with Gasteiger partial charge in [-0.05, 0) is 0 Å². The molecule has 0 spiro atoms. The smallest absolute Gasteiger partial charge is 0.358 e. The van der Waals surface area contributed by atoms with Crippen LogP contribution in [0.2, 0.25) is 0 Å². The predicted molar refractivity (Wildman–Crippen MR) is 42.9 cm³/mol. The molecular weight excluding hydrogens is 187 g/mol. The van der Waals surface area contributed by atoms with Crippen molar-refractivity contribution in [3.63, 3.8) is 0 Å². The molecule has 0 bridgehead atoms. The van der Waals surface area contributed by atoms with E-state index < -0.39 is 0 Å². The van der Waals surface area contributed by atoms with Crippen molar-refractivity contribution in [1.29, 1.82) is 0 Å². The van der Waals surface area contributed by atoms with Gasteiger partial charge < -0.3 is 22.3 Å². The molecule has 0 aromatic carbocycles. The van der Waals surface area contributed by atoms with Crippen LogP contribution in [0.5, 0.6) is 0 Å². The molecule has 0 rings (SSSR count). The molecule has 0 N–H and O–H groups in total. The number of rotatable bonds is 1. The largest absolute Gasteiger partial charge is 4.00 e. The SMILES string of the molecule is [CH-]=CC=CC.[CH3-].[CH3-].[CH3-].[Zr+4]. The monoisotopic (exact) mass is 202 g/mol. The van der Waals surface area contributed by atoms with Gasteiger partial charge in [0, 0.05) is 0 Å². The molecule has 0 saturated carbocycles. The summed E-state index contributed by atoms with van der Waals surface area (Å²) < 4.78 is 0. The fourth-order valence-corrected chi connectivity index (χ4v) is 0.111. The van der Waals surface area contributed by atoms with E-state index >= 15 is 0 Å². The maximum absolute atomic E-state index is 4.93. The first-order valence-electron chi connectivity index (χ1n) is 1.58. The minimum atomic E-state index is 0. The molecule has 0 saturated heterocycles. The molecule has 9 heavy (non-hydrogen) atoms. The van der Waals surface area contributed by atoms with Crippen molar-refractivity contribution in [2.75, 3.05) is 0 Å². The van der Waals surface area contributed by atoms with Crippen LogP contribution in [0.3, 0.4) is 0 Å². The molecular formula is C8H16Zr. The van der Waals surface area contributed by atoms with E-state index in [-0.39, 0.29) is 48.5 Å². The Balaban J connectivity index is -0.0000000133. The second-order valence-electron chi connectivity index (χ2n) is 0.718. The zero-order valence-electron chi connectivity index (χ0n) is 6.81. The van der Waals surface area contributed by atoms with Crippen LogP contribution >= 0.6 is 0 Å². The number of hydrogen-bond acceptors (Lipinski definition) is 0. The third-order valence-corrected chi connectivity index (χ3v) is 0.304. The zero-order valence-corrected chi connectivity index (χ0v) is 9.27. The average Bonchev–Trinajstić information content (AvgIpc) is 1.41. The van der Waals surface area contributed by atoms with Gasteiger partial charge in [0.2, 0.25) is 0 Å². The van der Waals surface area contributed by atoms with Crippen LogP contribution in [0.1, 0.15) is 6.92 Å². The van der Waals surface area contributed by atoms with Gasteiger partial charge in [0.15, 0.2) is 0 Å². The molecule has 0 aromatic rings. The first-order valence-corrected chi connectivity index (χ1v) is 1.58. The maximum Gasteiger partial charge on any atom is 4.00 e. The van der Waals surface area contributed by atoms with E-state index in [4.69, 9.17) is 6.58 Å². The van der Waals surface area contributed by atoms with Gasteiger partial charge in [-0.3, -0.25) is 6.58 Å². The van der Waals surface area contributed by atoms with Gasteiger partial charge in [0.1, 0.15) is 0 Å². The van der Waals surface area contributed by atoms with E-state index in [2.05, 4.69) is 0 Å². The van der Waals surface area contributed by atoms with Crippen molar-refractivity contribution in [2.24, 2.45) is 0 Å². The summed E-state index contributed by atoms with van der Waals surface area (Å²) in [4.78, 5) is 0. The molecule has 0 aliphatic rings. The Morgan fingerprint density at radius 2 is 1.44 bits per heavy atom. The first kappa shape index (κ1) is 34.4. The third kappa shape index (κ3) is 60.6.